The maximum absolute atomic E-state index is 6.93. The van der Waals surface area contributed by atoms with E-state index in [0.717, 1.165) is 61.6 Å². The minimum Gasteiger partial charge on any atom is -0.452 e. The number of hydrogen-bond acceptors (Lipinski definition) is 3. The number of para-hydroxylation sites is 3. The van der Waals surface area contributed by atoms with Crippen LogP contribution in [-0.4, -0.2) is 0 Å². The maximum atomic E-state index is 6.93. The summed E-state index contributed by atoms with van der Waals surface area (Å²) in [7, 11) is 0. The number of anilines is 6. The Morgan fingerprint density at radius 1 is 0.349 bits per heavy atom. The van der Waals surface area contributed by atoms with E-state index in [9.17, 15) is 0 Å². The number of furan rings is 1. The quantitative estimate of drug-likeness (QED) is 0.218. The summed E-state index contributed by atoms with van der Waals surface area (Å²) in [6.45, 7) is 0. The van der Waals surface area contributed by atoms with E-state index in [1.165, 1.54) is 16.3 Å². The van der Waals surface area contributed by atoms with E-state index in [2.05, 4.69) is 168 Å². The summed E-state index contributed by atoms with van der Waals surface area (Å²) in [6, 6.07) is 56.2. The van der Waals surface area contributed by atoms with Crippen LogP contribution in [0.5, 0.6) is 0 Å². The molecule has 4 bridgehead atoms. The van der Waals surface area contributed by atoms with E-state index in [1.807, 2.05) is 0 Å². The van der Waals surface area contributed by atoms with Crippen molar-refractivity contribution in [2.45, 2.75) is 0 Å². The Kier molecular flexibility index (Phi) is 5.20. The van der Waals surface area contributed by atoms with Crippen LogP contribution >= 0.6 is 0 Å². The lowest BCUT2D eigenvalue weighted by atomic mass is 10.0. The van der Waals surface area contributed by atoms with Gasteiger partial charge in [0.1, 0.15) is 0 Å². The minimum atomic E-state index is 0.875. The molecule has 9 rings (SSSR count). The molecule has 0 N–H and O–H groups in total. The Balaban J connectivity index is 1.47. The molecule has 3 nitrogen and oxygen atoms in total. The molecule has 0 aliphatic carbocycles. The van der Waals surface area contributed by atoms with Crippen LogP contribution in [0.2, 0.25) is 0 Å². The standard InChI is InChI=1S/C40H26N2O/c1-3-12-27(13-4-1)29-24-31-26-32(25-29)42(36-21-9-15-28-14-7-8-18-33(28)36)38-23-11-20-35-34-19-10-22-37(39(34)43-40(35)38)41(31)30-16-5-2-6-17-30/h1-26H. The van der Waals surface area contributed by atoms with Gasteiger partial charge in [0.25, 0.3) is 0 Å². The van der Waals surface area contributed by atoms with Crippen molar-refractivity contribution in [1.29, 1.82) is 0 Å². The lowest BCUT2D eigenvalue weighted by Crippen LogP contribution is -2.14. The van der Waals surface area contributed by atoms with Gasteiger partial charge in [-0.15, -0.1) is 0 Å². The first-order valence-electron chi connectivity index (χ1n) is 14.6. The normalized spacial score (nSPS) is 12.6. The van der Waals surface area contributed by atoms with Crippen molar-refractivity contribution in [2.75, 3.05) is 9.80 Å². The van der Waals surface area contributed by atoms with Crippen LogP contribution < -0.4 is 9.80 Å². The van der Waals surface area contributed by atoms with Crippen LogP contribution in [0.25, 0.3) is 43.8 Å². The topological polar surface area (TPSA) is 19.6 Å². The highest BCUT2D eigenvalue weighted by Crippen LogP contribution is 2.50. The van der Waals surface area contributed by atoms with Crippen LogP contribution in [0.1, 0.15) is 0 Å². The van der Waals surface area contributed by atoms with Gasteiger partial charge in [-0.1, -0.05) is 109 Å². The molecule has 0 radical (unpaired) electrons. The van der Waals surface area contributed by atoms with Crippen molar-refractivity contribution in [1.82, 2.24) is 0 Å². The van der Waals surface area contributed by atoms with Gasteiger partial charge in [-0.05, 0) is 65.0 Å². The van der Waals surface area contributed by atoms with Crippen LogP contribution in [-0.2, 0) is 0 Å². The minimum absolute atomic E-state index is 0.875. The van der Waals surface area contributed by atoms with Crippen molar-refractivity contribution in [3.63, 3.8) is 0 Å². The first-order chi connectivity index (χ1) is 21.3. The monoisotopic (exact) mass is 550 g/mol. The lowest BCUT2D eigenvalue weighted by molar-refractivity contribution is 0.669. The van der Waals surface area contributed by atoms with Gasteiger partial charge in [-0.25, -0.2) is 0 Å². The fourth-order valence-electron chi connectivity index (χ4n) is 6.61. The molecule has 1 aromatic heterocycles. The average Bonchev–Trinajstić information content (AvgIpc) is 3.46. The van der Waals surface area contributed by atoms with Crippen molar-refractivity contribution >= 4 is 66.8 Å². The van der Waals surface area contributed by atoms with Crippen LogP contribution in [0.3, 0.4) is 0 Å². The molecule has 0 amide bonds. The molecule has 1 aliphatic heterocycles. The van der Waals surface area contributed by atoms with Gasteiger partial charge in [0.2, 0.25) is 0 Å². The van der Waals surface area contributed by atoms with E-state index < -0.39 is 0 Å². The summed E-state index contributed by atoms with van der Waals surface area (Å²) in [5.74, 6) is 0. The number of benzene rings is 7. The summed E-state index contributed by atoms with van der Waals surface area (Å²) in [6.07, 6.45) is 0. The van der Waals surface area contributed by atoms with Gasteiger partial charge in [0.15, 0.2) is 11.2 Å². The van der Waals surface area contributed by atoms with Crippen molar-refractivity contribution < 1.29 is 4.42 Å². The smallest absolute Gasteiger partial charge is 0.159 e. The van der Waals surface area contributed by atoms with E-state index in [1.54, 1.807) is 0 Å². The molecule has 0 fully saturated rings. The largest absolute Gasteiger partial charge is 0.452 e. The van der Waals surface area contributed by atoms with Gasteiger partial charge in [0, 0.05) is 33.2 Å². The molecule has 0 spiro atoms. The third-order valence-electron chi connectivity index (χ3n) is 8.51. The highest BCUT2D eigenvalue weighted by molar-refractivity contribution is 6.15. The van der Waals surface area contributed by atoms with E-state index in [0.29, 0.717) is 0 Å². The van der Waals surface area contributed by atoms with Gasteiger partial charge >= 0.3 is 0 Å². The molecule has 7 aromatic carbocycles. The average molecular weight is 551 g/mol. The second-order valence-corrected chi connectivity index (χ2v) is 11.0. The maximum Gasteiger partial charge on any atom is 0.159 e. The van der Waals surface area contributed by atoms with Crippen LogP contribution in [0, 0.1) is 0 Å². The highest BCUT2D eigenvalue weighted by Gasteiger charge is 2.27. The molecule has 1 aliphatic rings. The molecular weight excluding hydrogens is 524 g/mol. The van der Waals surface area contributed by atoms with Crippen molar-refractivity contribution in [2.24, 2.45) is 0 Å². The molecule has 43 heavy (non-hydrogen) atoms. The number of rotatable bonds is 3. The first-order valence-corrected chi connectivity index (χ1v) is 14.6. The Morgan fingerprint density at radius 3 is 1.63 bits per heavy atom. The van der Waals surface area contributed by atoms with Gasteiger partial charge < -0.3 is 14.2 Å². The van der Waals surface area contributed by atoms with Gasteiger partial charge in [-0.2, -0.15) is 0 Å². The molecule has 8 aromatic rings. The van der Waals surface area contributed by atoms with E-state index in [4.69, 9.17) is 4.42 Å². The number of hydrogen-bond donors (Lipinski definition) is 0. The zero-order chi connectivity index (χ0) is 28.3. The van der Waals surface area contributed by atoms with Crippen LogP contribution in [0.15, 0.2) is 162 Å². The molecule has 3 heteroatoms. The van der Waals surface area contributed by atoms with E-state index in [-0.39, 0.29) is 0 Å². The molecule has 0 unspecified atom stereocenters. The molecule has 0 saturated heterocycles. The summed E-state index contributed by atoms with van der Waals surface area (Å²) in [5.41, 5.74) is 10.4. The Hall–Kier alpha value is -5.80. The van der Waals surface area contributed by atoms with E-state index >= 15 is 0 Å². The number of nitrogens with zero attached hydrogens (tertiary/aromatic N) is 2. The summed E-state index contributed by atoms with van der Waals surface area (Å²) < 4.78 is 6.93. The molecule has 202 valence electrons. The molecule has 2 heterocycles. The predicted molar refractivity (Wildman–Crippen MR) is 180 cm³/mol. The summed E-state index contributed by atoms with van der Waals surface area (Å²) in [4.78, 5) is 4.70. The SMILES string of the molecule is c1ccc(-c2cc3cc(c2)N(c2cccc4ccccc24)c2cccc4c2oc2c(cccc24)N3c2ccccc2)cc1. The van der Waals surface area contributed by atoms with Crippen LogP contribution in [0.4, 0.5) is 34.1 Å². The Labute approximate surface area is 249 Å². The van der Waals surface area contributed by atoms with Gasteiger partial charge in [0.05, 0.1) is 17.1 Å². The zero-order valence-corrected chi connectivity index (χ0v) is 23.3. The van der Waals surface area contributed by atoms with Crippen molar-refractivity contribution in [3.05, 3.63) is 158 Å². The molecule has 0 saturated carbocycles. The highest BCUT2D eigenvalue weighted by atomic mass is 16.3. The summed E-state index contributed by atoms with van der Waals surface area (Å²) >= 11 is 0. The first kappa shape index (κ1) is 23.9. The third-order valence-corrected chi connectivity index (χ3v) is 8.51. The Morgan fingerprint density at radius 2 is 0.884 bits per heavy atom. The fourth-order valence-corrected chi connectivity index (χ4v) is 6.61. The van der Waals surface area contributed by atoms with Gasteiger partial charge in [-0.3, -0.25) is 0 Å². The fraction of sp³-hybridized carbons (Fsp3) is 0. The Bertz CT molecular complexity index is 2300. The lowest BCUT2D eigenvalue weighted by Gasteiger charge is -2.31. The second kappa shape index (κ2) is 9.37. The summed E-state index contributed by atoms with van der Waals surface area (Å²) in [5, 5.41) is 4.58. The third kappa shape index (κ3) is 3.68. The second-order valence-electron chi connectivity index (χ2n) is 11.0. The zero-order valence-electron chi connectivity index (χ0n) is 23.3. The molecular formula is C40H26N2O. The predicted octanol–water partition coefficient (Wildman–Crippen LogP) is 11.7. The van der Waals surface area contributed by atoms with Crippen molar-refractivity contribution in [3.8, 4) is 11.1 Å². The molecule has 0 atom stereocenters. The number of fused-ring (bicyclic) bond motifs is 4.